The van der Waals surface area contributed by atoms with Gasteiger partial charge in [-0.1, -0.05) is 30.3 Å². The monoisotopic (exact) mass is 216 g/mol. The Kier molecular flexibility index (Phi) is 3.88. The first-order chi connectivity index (χ1) is 6.97. The third kappa shape index (κ3) is 5.20. The highest BCUT2D eigenvalue weighted by Gasteiger charge is 2.27. The Bertz CT molecular complexity index is 316. The molecule has 0 atom stereocenters. The van der Waals surface area contributed by atoms with E-state index in [1.807, 2.05) is 0 Å². The molecule has 1 aromatic rings. The van der Waals surface area contributed by atoms with E-state index < -0.39 is 19.0 Å². The maximum atomic E-state index is 11.8. The third-order valence-corrected chi connectivity index (χ3v) is 1.93. The first-order valence-electron chi connectivity index (χ1n) is 4.60. The van der Waals surface area contributed by atoms with E-state index in [0.717, 1.165) is 5.56 Å². The van der Waals surface area contributed by atoms with Gasteiger partial charge in [0.25, 0.3) is 0 Å². The number of ketones is 1. The minimum Gasteiger partial charge on any atom is -0.299 e. The van der Waals surface area contributed by atoms with Crippen molar-refractivity contribution in [3.05, 3.63) is 35.9 Å². The van der Waals surface area contributed by atoms with E-state index in [2.05, 4.69) is 0 Å². The van der Waals surface area contributed by atoms with Gasteiger partial charge >= 0.3 is 6.18 Å². The van der Waals surface area contributed by atoms with E-state index in [9.17, 15) is 18.0 Å². The lowest BCUT2D eigenvalue weighted by Crippen LogP contribution is -2.12. The van der Waals surface area contributed by atoms with Crippen LogP contribution in [0.15, 0.2) is 30.3 Å². The smallest absolute Gasteiger partial charge is 0.299 e. The van der Waals surface area contributed by atoms with E-state index in [1.54, 1.807) is 30.3 Å². The SMILES string of the molecule is O=C(CCC(F)(F)F)Cc1ccccc1. The highest BCUT2D eigenvalue weighted by Crippen LogP contribution is 2.21. The van der Waals surface area contributed by atoms with Crippen LogP contribution in [-0.4, -0.2) is 12.0 Å². The van der Waals surface area contributed by atoms with Crippen molar-refractivity contribution in [2.75, 3.05) is 0 Å². The van der Waals surface area contributed by atoms with Crippen molar-refractivity contribution in [3.63, 3.8) is 0 Å². The molecule has 0 amide bonds. The minimum absolute atomic E-state index is 0.0803. The molecule has 82 valence electrons. The highest BCUT2D eigenvalue weighted by atomic mass is 19.4. The molecule has 1 rings (SSSR count). The Hall–Kier alpha value is -1.32. The molecule has 0 aliphatic rings. The van der Waals surface area contributed by atoms with Crippen molar-refractivity contribution in [1.29, 1.82) is 0 Å². The van der Waals surface area contributed by atoms with Crippen molar-refractivity contribution < 1.29 is 18.0 Å². The normalized spacial score (nSPS) is 11.4. The molecular weight excluding hydrogens is 205 g/mol. The van der Waals surface area contributed by atoms with Gasteiger partial charge in [0.15, 0.2) is 0 Å². The average Bonchev–Trinajstić information content (AvgIpc) is 2.15. The highest BCUT2D eigenvalue weighted by molar-refractivity contribution is 5.80. The van der Waals surface area contributed by atoms with E-state index in [4.69, 9.17) is 0 Å². The van der Waals surface area contributed by atoms with E-state index in [0.29, 0.717) is 0 Å². The molecule has 0 bridgehead atoms. The van der Waals surface area contributed by atoms with Gasteiger partial charge < -0.3 is 0 Å². The van der Waals surface area contributed by atoms with Crippen LogP contribution in [0, 0.1) is 0 Å². The largest absolute Gasteiger partial charge is 0.389 e. The van der Waals surface area contributed by atoms with Gasteiger partial charge in [-0.05, 0) is 5.56 Å². The van der Waals surface area contributed by atoms with Crippen LogP contribution in [0.2, 0.25) is 0 Å². The van der Waals surface area contributed by atoms with Gasteiger partial charge in [-0.25, -0.2) is 0 Å². The van der Waals surface area contributed by atoms with Gasteiger partial charge in [-0.15, -0.1) is 0 Å². The molecule has 15 heavy (non-hydrogen) atoms. The van der Waals surface area contributed by atoms with Gasteiger partial charge in [0.2, 0.25) is 0 Å². The summed E-state index contributed by atoms with van der Waals surface area (Å²) in [6.07, 6.45) is -5.62. The molecule has 0 fully saturated rings. The van der Waals surface area contributed by atoms with Crippen molar-refractivity contribution in [1.82, 2.24) is 0 Å². The molecule has 0 heterocycles. The van der Waals surface area contributed by atoms with Crippen LogP contribution in [0.25, 0.3) is 0 Å². The van der Waals surface area contributed by atoms with Crippen LogP contribution in [-0.2, 0) is 11.2 Å². The Balaban J connectivity index is 2.38. The first-order valence-corrected chi connectivity index (χ1v) is 4.60. The summed E-state index contributed by atoms with van der Waals surface area (Å²) in [5.74, 6) is -0.376. The summed E-state index contributed by atoms with van der Waals surface area (Å²) in [6, 6.07) is 8.76. The molecule has 1 aromatic carbocycles. The number of alkyl halides is 3. The molecule has 0 aromatic heterocycles. The molecule has 0 spiro atoms. The number of benzene rings is 1. The summed E-state index contributed by atoms with van der Waals surface area (Å²) in [6.45, 7) is 0. The predicted molar refractivity (Wildman–Crippen MR) is 50.4 cm³/mol. The average molecular weight is 216 g/mol. The van der Waals surface area contributed by atoms with Gasteiger partial charge in [-0.3, -0.25) is 4.79 Å². The summed E-state index contributed by atoms with van der Waals surface area (Å²) in [4.78, 5) is 11.2. The van der Waals surface area contributed by atoms with Crippen molar-refractivity contribution >= 4 is 5.78 Å². The first kappa shape index (κ1) is 11.8. The van der Waals surface area contributed by atoms with Crippen LogP contribution in [0.1, 0.15) is 18.4 Å². The van der Waals surface area contributed by atoms with Gasteiger partial charge in [-0.2, -0.15) is 13.2 Å². The summed E-state index contributed by atoms with van der Waals surface area (Å²) in [5.41, 5.74) is 0.754. The van der Waals surface area contributed by atoms with E-state index in [-0.39, 0.29) is 12.2 Å². The second kappa shape index (κ2) is 4.96. The standard InChI is InChI=1S/C11H11F3O/c12-11(13,14)7-6-10(15)8-9-4-2-1-3-5-9/h1-5H,6-8H2. The fourth-order valence-corrected chi connectivity index (χ4v) is 1.19. The Morgan fingerprint density at radius 1 is 1.13 bits per heavy atom. The Labute approximate surface area is 85.9 Å². The molecule has 0 radical (unpaired) electrons. The second-order valence-corrected chi connectivity index (χ2v) is 3.32. The van der Waals surface area contributed by atoms with Crippen LogP contribution in [0.4, 0.5) is 13.2 Å². The number of hydrogen-bond donors (Lipinski definition) is 0. The number of carbonyl (C=O) groups is 1. The van der Waals surface area contributed by atoms with Crippen molar-refractivity contribution in [2.24, 2.45) is 0 Å². The second-order valence-electron chi connectivity index (χ2n) is 3.32. The van der Waals surface area contributed by atoms with Gasteiger partial charge in [0, 0.05) is 12.8 Å². The van der Waals surface area contributed by atoms with Crippen LogP contribution < -0.4 is 0 Å². The number of hydrogen-bond acceptors (Lipinski definition) is 1. The van der Waals surface area contributed by atoms with Gasteiger partial charge in [0.1, 0.15) is 5.78 Å². The fraction of sp³-hybridized carbons (Fsp3) is 0.364. The zero-order valence-corrected chi connectivity index (χ0v) is 8.05. The van der Waals surface area contributed by atoms with Crippen LogP contribution in [0.5, 0.6) is 0 Å². The molecule has 1 nitrogen and oxygen atoms in total. The summed E-state index contributed by atoms with van der Waals surface area (Å²) < 4.78 is 35.4. The van der Waals surface area contributed by atoms with Gasteiger partial charge in [0.05, 0.1) is 6.42 Å². The molecule has 0 saturated heterocycles. The lowest BCUT2D eigenvalue weighted by atomic mass is 10.1. The molecule has 0 aliphatic heterocycles. The maximum Gasteiger partial charge on any atom is 0.389 e. The molecule has 0 N–H and O–H groups in total. The number of rotatable bonds is 4. The predicted octanol–water partition coefficient (Wildman–Crippen LogP) is 3.14. The topological polar surface area (TPSA) is 17.1 Å². The fourth-order valence-electron chi connectivity index (χ4n) is 1.19. The molecule has 0 saturated carbocycles. The maximum absolute atomic E-state index is 11.8. The van der Waals surface area contributed by atoms with E-state index in [1.165, 1.54) is 0 Å². The van der Waals surface area contributed by atoms with E-state index >= 15 is 0 Å². The minimum atomic E-state index is -4.24. The molecule has 0 unspecified atom stereocenters. The number of carbonyl (C=O) groups excluding carboxylic acids is 1. The summed E-state index contributed by atoms with van der Waals surface area (Å²) in [7, 11) is 0. The van der Waals surface area contributed by atoms with Crippen molar-refractivity contribution in [3.8, 4) is 0 Å². The number of halogens is 3. The Morgan fingerprint density at radius 3 is 2.27 bits per heavy atom. The summed E-state index contributed by atoms with van der Waals surface area (Å²) >= 11 is 0. The van der Waals surface area contributed by atoms with Crippen molar-refractivity contribution in [2.45, 2.75) is 25.4 Å². The molecule has 4 heteroatoms. The quantitative estimate of drug-likeness (QED) is 0.755. The lowest BCUT2D eigenvalue weighted by Gasteiger charge is -2.05. The molecule has 0 aliphatic carbocycles. The van der Waals surface area contributed by atoms with Crippen LogP contribution >= 0.6 is 0 Å². The lowest BCUT2D eigenvalue weighted by molar-refractivity contribution is -0.143. The number of Topliss-reactive ketones (excluding diaryl/α,β-unsaturated/α-hetero) is 1. The zero-order chi connectivity index (χ0) is 11.3. The third-order valence-electron chi connectivity index (χ3n) is 1.93. The zero-order valence-electron chi connectivity index (χ0n) is 8.05. The summed E-state index contributed by atoms with van der Waals surface area (Å²) in [5, 5.41) is 0. The van der Waals surface area contributed by atoms with Crippen LogP contribution in [0.3, 0.4) is 0 Å². The Morgan fingerprint density at radius 2 is 1.73 bits per heavy atom. The molecular formula is C11H11F3O.